The van der Waals surface area contributed by atoms with Gasteiger partial charge >= 0.3 is 0 Å². The summed E-state index contributed by atoms with van der Waals surface area (Å²) in [6.07, 6.45) is 1.98. The standard InChI is InChI=1S/C13H20N2O/c1-10(2)13-5-4-12(8-14-13)15-6-7-16-9-11(15)3/h4-5,8,10-11H,6-7,9H2,1-3H3/t11-/m1/s1. The van der Waals surface area contributed by atoms with Crippen LogP contribution in [0.25, 0.3) is 0 Å². The average molecular weight is 220 g/mol. The van der Waals surface area contributed by atoms with E-state index in [0.717, 1.165) is 25.5 Å². The van der Waals surface area contributed by atoms with Gasteiger partial charge in [0, 0.05) is 18.3 Å². The van der Waals surface area contributed by atoms with E-state index in [9.17, 15) is 0 Å². The smallest absolute Gasteiger partial charge is 0.0668 e. The highest BCUT2D eigenvalue weighted by Crippen LogP contribution is 2.20. The van der Waals surface area contributed by atoms with Gasteiger partial charge in [-0.15, -0.1) is 0 Å². The molecule has 1 aliphatic rings. The summed E-state index contributed by atoms with van der Waals surface area (Å²) in [5, 5.41) is 0. The molecule has 0 spiro atoms. The number of pyridine rings is 1. The fourth-order valence-corrected chi connectivity index (χ4v) is 2.02. The third-order valence-electron chi connectivity index (χ3n) is 3.06. The van der Waals surface area contributed by atoms with E-state index in [1.165, 1.54) is 5.69 Å². The van der Waals surface area contributed by atoms with E-state index in [2.05, 4.69) is 42.8 Å². The highest BCUT2D eigenvalue weighted by atomic mass is 16.5. The van der Waals surface area contributed by atoms with Crippen LogP contribution in [0.4, 0.5) is 5.69 Å². The molecule has 1 saturated heterocycles. The minimum atomic E-state index is 0.445. The van der Waals surface area contributed by atoms with Crippen LogP contribution in [0.1, 0.15) is 32.4 Å². The van der Waals surface area contributed by atoms with Crippen LogP contribution in [0.5, 0.6) is 0 Å². The highest BCUT2D eigenvalue weighted by molar-refractivity contribution is 5.46. The van der Waals surface area contributed by atoms with Crippen LogP contribution in [-0.2, 0) is 4.74 Å². The van der Waals surface area contributed by atoms with Gasteiger partial charge in [0.1, 0.15) is 0 Å². The molecule has 2 rings (SSSR count). The first-order valence-electron chi connectivity index (χ1n) is 5.99. The van der Waals surface area contributed by atoms with E-state index >= 15 is 0 Å². The second kappa shape index (κ2) is 4.83. The Kier molecular flexibility index (Phi) is 3.44. The van der Waals surface area contributed by atoms with E-state index in [1.807, 2.05) is 6.20 Å². The molecule has 0 radical (unpaired) electrons. The van der Waals surface area contributed by atoms with Crippen LogP contribution in [0.2, 0.25) is 0 Å². The summed E-state index contributed by atoms with van der Waals surface area (Å²) in [5.74, 6) is 0.496. The minimum absolute atomic E-state index is 0.445. The Morgan fingerprint density at radius 2 is 2.25 bits per heavy atom. The van der Waals surface area contributed by atoms with Crippen LogP contribution in [-0.4, -0.2) is 30.8 Å². The Balaban J connectivity index is 2.14. The molecule has 0 aromatic carbocycles. The van der Waals surface area contributed by atoms with Crippen molar-refractivity contribution < 1.29 is 4.74 Å². The van der Waals surface area contributed by atoms with Gasteiger partial charge in [-0.05, 0) is 25.0 Å². The van der Waals surface area contributed by atoms with E-state index in [0.29, 0.717) is 12.0 Å². The highest BCUT2D eigenvalue weighted by Gasteiger charge is 2.19. The number of rotatable bonds is 2. The van der Waals surface area contributed by atoms with Crippen LogP contribution >= 0.6 is 0 Å². The number of anilines is 1. The van der Waals surface area contributed by atoms with Gasteiger partial charge in [0.15, 0.2) is 0 Å². The Morgan fingerprint density at radius 1 is 1.44 bits per heavy atom. The predicted octanol–water partition coefficient (Wildman–Crippen LogP) is 2.43. The van der Waals surface area contributed by atoms with Crippen molar-refractivity contribution in [1.29, 1.82) is 0 Å². The van der Waals surface area contributed by atoms with Crippen molar-refractivity contribution in [3.63, 3.8) is 0 Å². The van der Waals surface area contributed by atoms with Gasteiger partial charge in [-0.25, -0.2) is 0 Å². The molecule has 16 heavy (non-hydrogen) atoms. The lowest BCUT2D eigenvalue weighted by atomic mass is 10.1. The molecular weight excluding hydrogens is 200 g/mol. The summed E-state index contributed by atoms with van der Waals surface area (Å²) in [5.41, 5.74) is 2.37. The molecule has 0 unspecified atom stereocenters. The average Bonchev–Trinajstić information content (AvgIpc) is 2.30. The normalized spacial score (nSPS) is 21.5. The second-order valence-electron chi connectivity index (χ2n) is 4.71. The van der Waals surface area contributed by atoms with Gasteiger partial charge in [0.2, 0.25) is 0 Å². The molecule has 0 N–H and O–H groups in total. The van der Waals surface area contributed by atoms with E-state index < -0.39 is 0 Å². The summed E-state index contributed by atoms with van der Waals surface area (Å²) < 4.78 is 5.43. The Hall–Kier alpha value is -1.09. The van der Waals surface area contributed by atoms with E-state index in [1.54, 1.807) is 0 Å². The van der Waals surface area contributed by atoms with Crippen molar-refractivity contribution in [3.05, 3.63) is 24.0 Å². The zero-order chi connectivity index (χ0) is 11.5. The summed E-state index contributed by atoms with van der Waals surface area (Å²) in [7, 11) is 0. The van der Waals surface area contributed by atoms with Gasteiger partial charge in [-0.2, -0.15) is 0 Å². The SMILES string of the molecule is CC(C)c1ccc(N2CCOC[C@H]2C)cn1. The molecule has 1 aliphatic heterocycles. The summed E-state index contributed by atoms with van der Waals surface area (Å²) >= 11 is 0. The van der Waals surface area contributed by atoms with Crippen molar-refractivity contribution in [2.24, 2.45) is 0 Å². The molecule has 1 atom stereocenters. The molecule has 3 nitrogen and oxygen atoms in total. The lowest BCUT2D eigenvalue weighted by Crippen LogP contribution is -2.43. The first-order valence-corrected chi connectivity index (χ1v) is 5.99. The maximum Gasteiger partial charge on any atom is 0.0668 e. The van der Waals surface area contributed by atoms with Crippen molar-refractivity contribution in [1.82, 2.24) is 4.98 Å². The van der Waals surface area contributed by atoms with E-state index in [-0.39, 0.29) is 0 Å². The largest absolute Gasteiger partial charge is 0.377 e. The van der Waals surface area contributed by atoms with Crippen LogP contribution in [0.3, 0.4) is 0 Å². The van der Waals surface area contributed by atoms with Crippen molar-refractivity contribution in [2.75, 3.05) is 24.7 Å². The molecule has 1 aromatic heterocycles. The molecule has 0 bridgehead atoms. The summed E-state index contributed by atoms with van der Waals surface area (Å²) in [6.45, 7) is 9.11. The Bertz CT molecular complexity index is 334. The Morgan fingerprint density at radius 3 is 2.81 bits per heavy atom. The number of hydrogen-bond donors (Lipinski definition) is 0. The minimum Gasteiger partial charge on any atom is -0.377 e. The Labute approximate surface area is 97.4 Å². The van der Waals surface area contributed by atoms with Gasteiger partial charge in [0.25, 0.3) is 0 Å². The quantitative estimate of drug-likeness (QED) is 0.765. The van der Waals surface area contributed by atoms with Crippen molar-refractivity contribution in [3.8, 4) is 0 Å². The summed E-state index contributed by atoms with van der Waals surface area (Å²) in [4.78, 5) is 6.87. The fourth-order valence-electron chi connectivity index (χ4n) is 2.02. The second-order valence-corrected chi connectivity index (χ2v) is 4.71. The number of aromatic nitrogens is 1. The van der Waals surface area contributed by atoms with Gasteiger partial charge in [-0.3, -0.25) is 4.98 Å². The van der Waals surface area contributed by atoms with Gasteiger partial charge < -0.3 is 9.64 Å². The molecule has 1 fully saturated rings. The van der Waals surface area contributed by atoms with Gasteiger partial charge in [0.05, 0.1) is 25.1 Å². The van der Waals surface area contributed by atoms with Crippen LogP contribution < -0.4 is 4.90 Å². The molecule has 0 amide bonds. The van der Waals surface area contributed by atoms with Crippen molar-refractivity contribution >= 4 is 5.69 Å². The molecule has 0 aliphatic carbocycles. The molecule has 1 aromatic rings. The summed E-state index contributed by atoms with van der Waals surface area (Å²) in [6, 6.07) is 4.74. The molecule has 0 saturated carbocycles. The number of morpholine rings is 1. The predicted molar refractivity (Wildman–Crippen MR) is 66.0 cm³/mol. The first kappa shape index (κ1) is 11.4. The number of nitrogens with zero attached hydrogens (tertiary/aromatic N) is 2. The third kappa shape index (κ3) is 2.35. The molecular formula is C13H20N2O. The third-order valence-corrected chi connectivity index (χ3v) is 3.06. The monoisotopic (exact) mass is 220 g/mol. The first-order chi connectivity index (χ1) is 7.68. The molecule has 3 heteroatoms. The topological polar surface area (TPSA) is 25.4 Å². The molecule has 88 valence electrons. The zero-order valence-electron chi connectivity index (χ0n) is 10.3. The zero-order valence-corrected chi connectivity index (χ0v) is 10.3. The maximum atomic E-state index is 5.43. The lowest BCUT2D eigenvalue weighted by Gasteiger charge is -2.35. The van der Waals surface area contributed by atoms with Crippen LogP contribution in [0.15, 0.2) is 18.3 Å². The molecule has 2 heterocycles. The lowest BCUT2D eigenvalue weighted by molar-refractivity contribution is 0.0989. The van der Waals surface area contributed by atoms with Gasteiger partial charge in [-0.1, -0.05) is 13.8 Å². The van der Waals surface area contributed by atoms with Crippen LogP contribution in [0, 0.1) is 0 Å². The maximum absolute atomic E-state index is 5.43. The fraction of sp³-hybridized carbons (Fsp3) is 0.615. The number of hydrogen-bond acceptors (Lipinski definition) is 3. The number of ether oxygens (including phenoxy) is 1. The van der Waals surface area contributed by atoms with Crippen molar-refractivity contribution in [2.45, 2.75) is 32.7 Å². The van der Waals surface area contributed by atoms with E-state index in [4.69, 9.17) is 4.74 Å².